The van der Waals surface area contributed by atoms with Crippen LogP contribution in [-0.2, 0) is 0 Å². The predicted molar refractivity (Wildman–Crippen MR) is 83.9 cm³/mol. The minimum atomic E-state index is 0.285. The molecule has 1 aromatic rings. The summed E-state index contributed by atoms with van der Waals surface area (Å²) in [5.74, 6) is 0.766. The molecule has 1 N–H and O–H groups in total. The van der Waals surface area contributed by atoms with Crippen LogP contribution in [0, 0.1) is 5.41 Å². The third-order valence-corrected chi connectivity index (χ3v) is 5.46. The molecule has 1 spiro atoms. The standard InChI is InChI=1S/C16H21Cl2NO/c1-2-19-14-10-15(16(14)7-3-4-8-16)20-13-6-5-11(17)9-12(13)18/h5-6,9,14-15,19H,2-4,7-8,10H2,1H3. The van der Waals surface area contributed by atoms with E-state index < -0.39 is 0 Å². The first-order valence-corrected chi connectivity index (χ1v) is 8.26. The van der Waals surface area contributed by atoms with Crippen LogP contribution in [0.5, 0.6) is 5.75 Å². The summed E-state index contributed by atoms with van der Waals surface area (Å²) in [6.07, 6.45) is 6.52. The minimum absolute atomic E-state index is 0.285. The van der Waals surface area contributed by atoms with Gasteiger partial charge in [0.15, 0.2) is 0 Å². The molecule has 2 nitrogen and oxygen atoms in total. The van der Waals surface area contributed by atoms with Gasteiger partial charge in [-0.05, 0) is 37.6 Å². The van der Waals surface area contributed by atoms with Crippen molar-refractivity contribution in [3.05, 3.63) is 28.2 Å². The summed E-state index contributed by atoms with van der Waals surface area (Å²) >= 11 is 12.2. The van der Waals surface area contributed by atoms with E-state index in [1.54, 1.807) is 6.07 Å². The Morgan fingerprint density at radius 2 is 2.05 bits per heavy atom. The van der Waals surface area contributed by atoms with E-state index in [1.807, 2.05) is 12.1 Å². The molecule has 0 radical (unpaired) electrons. The summed E-state index contributed by atoms with van der Waals surface area (Å²) in [7, 11) is 0. The van der Waals surface area contributed by atoms with Crippen LogP contribution in [0.1, 0.15) is 39.0 Å². The van der Waals surface area contributed by atoms with Crippen LogP contribution >= 0.6 is 23.2 Å². The first-order chi connectivity index (χ1) is 9.65. The van der Waals surface area contributed by atoms with Crippen molar-refractivity contribution in [1.82, 2.24) is 5.32 Å². The molecule has 110 valence electrons. The molecule has 2 aliphatic rings. The van der Waals surface area contributed by atoms with E-state index in [4.69, 9.17) is 27.9 Å². The van der Waals surface area contributed by atoms with Crippen LogP contribution in [0.25, 0.3) is 0 Å². The van der Waals surface area contributed by atoms with Gasteiger partial charge in [0.1, 0.15) is 11.9 Å². The van der Waals surface area contributed by atoms with Gasteiger partial charge in [-0.25, -0.2) is 0 Å². The van der Waals surface area contributed by atoms with Gasteiger partial charge in [-0.2, -0.15) is 0 Å². The first-order valence-electron chi connectivity index (χ1n) is 7.51. The Hall–Kier alpha value is -0.440. The van der Waals surface area contributed by atoms with Crippen LogP contribution in [-0.4, -0.2) is 18.7 Å². The van der Waals surface area contributed by atoms with Gasteiger partial charge in [0.2, 0.25) is 0 Å². The van der Waals surface area contributed by atoms with E-state index in [9.17, 15) is 0 Å². The second kappa shape index (κ2) is 5.75. The summed E-state index contributed by atoms with van der Waals surface area (Å²) in [5, 5.41) is 4.88. The third kappa shape index (κ3) is 2.43. The van der Waals surface area contributed by atoms with E-state index >= 15 is 0 Å². The predicted octanol–water partition coefficient (Wildman–Crippen LogP) is 4.68. The third-order valence-electron chi connectivity index (χ3n) is 4.93. The molecule has 1 aromatic carbocycles. The molecule has 3 rings (SSSR count). The number of nitrogens with one attached hydrogen (secondary N) is 1. The topological polar surface area (TPSA) is 21.3 Å². The number of ether oxygens (including phenoxy) is 1. The van der Waals surface area contributed by atoms with Crippen molar-refractivity contribution >= 4 is 23.2 Å². The fourth-order valence-corrected chi connectivity index (χ4v) is 4.33. The average molecular weight is 314 g/mol. The highest BCUT2D eigenvalue weighted by Crippen LogP contribution is 2.55. The normalized spacial score (nSPS) is 27.6. The van der Waals surface area contributed by atoms with E-state index in [2.05, 4.69) is 12.2 Å². The van der Waals surface area contributed by atoms with Crippen LogP contribution in [0.2, 0.25) is 10.0 Å². The Labute approximate surface area is 130 Å². The van der Waals surface area contributed by atoms with E-state index in [0.717, 1.165) is 18.7 Å². The summed E-state index contributed by atoms with van der Waals surface area (Å²) < 4.78 is 6.22. The number of rotatable bonds is 4. The van der Waals surface area contributed by atoms with E-state index in [-0.39, 0.29) is 6.10 Å². The zero-order valence-electron chi connectivity index (χ0n) is 11.8. The number of halogens is 2. The molecule has 0 saturated heterocycles. The molecule has 2 aliphatic carbocycles. The number of benzene rings is 1. The average Bonchev–Trinajstić information content (AvgIpc) is 2.92. The van der Waals surface area contributed by atoms with Crippen molar-refractivity contribution in [3.8, 4) is 5.75 Å². The number of hydrogen-bond donors (Lipinski definition) is 1. The highest BCUT2D eigenvalue weighted by atomic mass is 35.5. The van der Waals surface area contributed by atoms with Gasteiger partial charge in [0.25, 0.3) is 0 Å². The summed E-state index contributed by atoms with van der Waals surface area (Å²) in [6, 6.07) is 6.07. The molecule has 2 unspecified atom stereocenters. The molecular weight excluding hydrogens is 293 g/mol. The van der Waals surface area contributed by atoms with Gasteiger partial charge in [0, 0.05) is 22.9 Å². The van der Waals surface area contributed by atoms with Crippen molar-refractivity contribution in [1.29, 1.82) is 0 Å². The summed E-state index contributed by atoms with van der Waals surface area (Å²) in [6.45, 7) is 3.20. The zero-order valence-corrected chi connectivity index (χ0v) is 13.3. The zero-order chi connectivity index (χ0) is 14.2. The maximum Gasteiger partial charge on any atom is 0.138 e. The highest BCUT2D eigenvalue weighted by Gasteiger charge is 2.57. The van der Waals surface area contributed by atoms with E-state index in [1.165, 1.54) is 25.7 Å². The van der Waals surface area contributed by atoms with E-state index in [0.29, 0.717) is 21.5 Å². The lowest BCUT2D eigenvalue weighted by molar-refractivity contribution is -0.0755. The smallest absolute Gasteiger partial charge is 0.138 e. The van der Waals surface area contributed by atoms with Gasteiger partial charge in [-0.1, -0.05) is 43.0 Å². The fraction of sp³-hybridized carbons (Fsp3) is 0.625. The lowest BCUT2D eigenvalue weighted by atomic mass is 9.60. The second-order valence-electron chi connectivity index (χ2n) is 5.97. The van der Waals surface area contributed by atoms with Gasteiger partial charge >= 0.3 is 0 Å². The molecule has 20 heavy (non-hydrogen) atoms. The first kappa shape index (κ1) is 14.5. The van der Waals surface area contributed by atoms with Crippen molar-refractivity contribution in [2.24, 2.45) is 5.41 Å². The monoisotopic (exact) mass is 313 g/mol. The van der Waals surface area contributed by atoms with Crippen molar-refractivity contribution in [3.63, 3.8) is 0 Å². The molecule has 0 bridgehead atoms. The molecular formula is C16H21Cl2NO. The quantitative estimate of drug-likeness (QED) is 0.871. The molecule has 2 fully saturated rings. The van der Waals surface area contributed by atoms with Crippen LogP contribution in [0.3, 0.4) is 0 Å². The Morgan fingerprint density at radius 1 is 1.30 bits per heavy atom. The molecule has 0 heterocycles. The lowest BCUT2D eigenvalue weighted by Gasteiger charge is -2.54. The molecule has 0 aromatic heterocycles. The van der Waals surface area contributed by atoms with Crippen LogP contribution in [0.15, 0.2) is 18.2 Å². The second-order valence-corrected chi connectivity index (χ2v) is 6.81. The van der Waals surface area contributed by atoms with Gasteiger partial charge in [0.05, 0.1) is 5.02 Å². The lowest BCUT2D eigenvalue weighted by Crippen LogP contribution is -2.63. The van der Waals surface area contributed by atoms with Crippen molar-refractivity contribution in [2.45, 2.75) is 51.2 Å². The fourth-order valence-electron chi connectivity index (χ4n) is 3.87. The molecule has 0 aliphatic heterocycles. The summed E-state index contributed by atoms with van der Waals surface area (Å²) in [5.41, 5.74) is 0.318. The molecule has 2 atom stereocenters. The van der Waals surface area contributed by atoms with Gasteiger partial charge < -0.3 is 10.1 Å². The van der Waals surface area contributed by atoms with Gasteiger partial charge in [-0.15, -0.1) is 0 Å². The Morgan fingerprint density at radius 3 is 2.70 bits per heavy atom. The van der Waals surface area contributed by atoms with Gasteiger partial charge in [-0.3, -0.25) is 0 Å². The molecule has 4 heteroatoms. The van der Waals surface area contributed by atoms with Crippen LogP contribution in [0.4, 0.5) is 0 Å². The molecule has 0 amide bonds. The number of hydrogen-bond acceptors (Lipinski definition) is 2. The minimum Gasteiger partial charge on any atom is -0.488 e. The maximum absolute atomic E-state index is 6.22. The van der Waals surface area contributed by atoms with Crippen molar-refractivity contribution in [2.75, 3.05) is 6.54 Å². The Balaban J connectivity index is 1.74. The Bertz CT molecular complexity index is 485. The van der Waals surface area contributed by atoms with Crippen LogP contribution < -0.4 is 10.1 Å². The SMILES string of the molecule is CCNC1CC(Oc2ccc(Cl)cc2Cl)C12CCCC2. The Kier molecular flexibility index (Phi) is 4.16. The summed E-state index contributed by atoms with van der Waals surface area (Å²) in [4.78, 5) is 0. The highest BCUT2D eigenvalue weighted by molar-refractivity contribution is 6.35. The largest absolute Gasteiger partial charge is 0.488 e. The maximum atomic E-state index is 6.22. The molecule has 2 saturated carbocycles. The van der Waals surface area contributed by atoms with Crippen molar-refractivity contribution < 1.29 is 4.74 Å².